The topological polar surface area (TPSA) is 237 Å². The van der Waals surface area contributed by atoms with Crippen LogP contribution in [0.2, 0.25) is 0 Å². The molecule has 0 aromatic heterocycles. The highest BCUT2D eigenvalue weighted by atomic mass is 31.2. The molecule has 0 bridgehead atoms. The van der Waals surface area contributed by atoms with Crippen molar-refractivity contribution in [3.8, 4) is 0 Å². The maximum Gasteiger partial charge on any atom is 0.472 e. The number of unbranched alkanes of at least 4 members (excludes halogenated alkanes) is 22. The van der Waals surface area contributed by atoms with Gasteiger partial charge in [-0.25, -0.2) is 9.13 Å². The Hall–Kier alpha value is -5.06. The van der Waals surface area contributed by atoms with Gasteiger partial charge < -0.3 is 33.8 Å². The van der Waals surface area contributed by atoms with Crippen molar-refractivity contribution < 1.29 is 80.2 Å². The van der Waals surface area contributed by atoms with Crippen molar-refractivity contribution in [1.82, 2.24) is 0 Å². The third-order valence-electron chi connectivity index (χ3n) is 15.8. The highest BCUT2D eigenvalue weighted by Gasteiger charge is 2.30. The summed E-state index contributed by atoms with van der Waals surface area (Å²) in [7, 11) is -9.99. The zero-order valence-electron chi connectivity index (χ0n) is 63.5. The Labute approximate surface area is 617 Å². The number of rotatable bonds is 72. The van der Waals surface area contributed by atoms with Crippen LogP contribution >= 0.6 is 15.6 Å². The molecule has 19 heteroatoms. The van der Waals surface area contributed by atoms with Crippen molar-refractivity contribution >= 4 is 39.5 Å². The van der Waals surface area contributed by atoms with E-state index in [0.717, 1.165) is 148 Å². The van der Waals surface area contributed by atoms with Crippen LogP contribution in [0.5, 0.6) is 0 Å². The second-order valence-electron chi connectivity index (χ2n) is 25.5. The molecule has 0 aliphatic carbocycles. The summed E-state index contributed by atoms with van der Waals surface area (Å²) in [6.07, 6.45) is 84.3. The van der Waals surface area contributed by atoms with E-state index in [2.05, 4.69) is 155 Å². The van der Waals surface area contributed by atoms with Crippen LogP contribution in [0.1, 0.15) is 297 Å². The molecule has 17 nitrogen and oxygen atoms in total. The van der Waals surface area contributed by atoms with Crippen molar-refractivity contribution in [2.24, 2.45) is 0 Å². The van der Waals surface area contributed by atoms with Crippen LogP contribution in [-0.2, 0) is 65.4 Å². The van der Waals surface area contributed by atoms with E-state index in [9.17, 15) is 43.2 Å². The highest BCUT2D eigenvalue weighted by molar-refractivity contribution is 7.47. The van der Waals surface area contributed by atoms with Crippen molar-refractivity contribution in [3.05, 3.63) is 146 Å². The molecule has 0 rings (SSSR count). The lowest BCUT2D eigenvalue weighted by molar-refractivity contribution is -0.161. The van der Waals surface area contributed by atoms with E-state index in [-0.39, 0.29) is 25.7 Å². The largest absolute Gasteiger partial charge is 0.472 e. The van der Waals surface area contributed by atoms with Gasteiger partial charge in [0.05, 0.1) is 26.4 Å². The Balaban J connectivity index is 5.40. The molecular formula is C83H138O17P2. The maximum atomic E-state index is 13.1. The summed E-state index contributed by atoms with van der Waals surface area (Å²) < 4.78 is 68.4. The first-order valence-corrected chi connectivity index (χ1v) is 42.1. The predicted octanol–water partition coefficient (Wildman–Crippen LogP) is 22.7. The van der Waals surface area contributed by atoms with Gasteiger partial charge in [-0.05, 0) is 135 Å². The Morgan fingerprint density at radius 2 is 0.529 bits per heavy atom. The zero-order valence-corrected chi connectivity index (χ0v) is 65.3. The van der Waals surface area contributed by atoms with Crippen molar-refractivity contribution in [2.75, 3.05) is 39.6 Å². The van der Waals surface area contributed by atoms with E-state index in [1.54, 1.807) is 0 Å². The number of ether oxygens (including phenoxy) is 4. The monoisotopic (exact) mass is 1470 g/mol. The number of allylic oxidation sites excluding steroid dienone is 24. The van der Waals surface area contributed by atoms with Crippen LogP contribution in [0, 0.1) is 0 Å². The molecule has 3 N–H and O–H groups in total. The van der Waals surface area contributed by atoms with Gasteiger partial charge in [-0.3, -0.25) is 37.3 Å². The van der Waals surface area contributed by atoms with Crippen LogP contribution in [0.3, 0.4) is 0 Å². The average molecular weight is 1470 g/mol. The Kier molecular flexibility index (Phi) is 70.5. The lowest BCUT2D eigenvalue weighted by Crippen LogP contribution is -2.30. The molecule has 0 heterocycles. The summed E-state index contributed by atoms with van der Waals surface area (Å²) in [5.41, 5.74) is 0. The van der Waals surface area contributed by atoms with Gasteiger partial charge in [-0.15, -0.1) is 0 Å². The molecule has 0 saturated carbocycles. The molecule has 5 unspecified atom stereocenters. The number of carbonyl (C=O) groups excluding carboxylic acids is 4. The average Bonchev–Trinajstić information content (AvgIpc) is 0.928. The molecule has 0 aromatic carbocycles. The number of phosphoric ester groups is 2. The fraction of sp³-hybridized carbons (Fsp3) is 0.663. The van der Waals surface area contributed by atoms with Crippen molar-refractivity contribution in [1.29, 1.82) is 0 Å². The van der Waals surface area contributed by atoms with Crippen LogP contribution in [0.15, 0.2) is 146 Å². The second kappa shape index (κ2) is 74.2. The maximum absolute atomic E-state index is 13.1. The summed E-state index contributed by atoms with van der Waals surface area (Å²) in [6.45, 7) is 4.48. The lowest BCUT2D eigenvalue weighted by Gasteiger charge is -2.21. The number of carbonyl (C=O) groups is 4. The molecule has 0 amide bonds. The van der Waals surface area contributed by atoms with Crippen molar-refractivity contribution in [3.63, 3.8) is 0 Å². The number of phosphoric acid groups is 2. The fourth-order valence-corrected chi connectivity index (χ4v) is 11.5. The third-order valence-corrected chi connectivity index (χ3v) is 17.7. The van der Waals surface area contributed by atoms with E-state index >= 15 is 0 Å². The number of hydrogen-bond acceptors (Lipinski definition) is 15. The van der Waals surface area contributed by atoms with Gasteiger partial charge in [0.15, 0.2) is 12.2 Å². The number of esters is 4. The molecule has 582 valence electrons. The van der Waals surface area contributed by atoms with Gasteiger partial charge >= 0.3 is 39.5 Å². The van der Waals surface area contributed by atoms with Gasteiger partial charge in [-0.2, -0.15) is 0 Å². The predicted molar refractivity (Wildman–Crippen MR) is 417 cm³/mol. The van der Waals surface area contributed by atoms with E-state index < -0.39 is 97.5 Å². The molecule has 102 heavy (non-hydrogen) atoms. The van der Waals surface area contributed by atoms with E-state index in [4.69, 9.17) is 37.0 Å². The summed E-state index contributed by atoms with van der Waals surface area (Å²) in [5, 5.41) is 10.6. The van der Waals surface area contributed by atoms with E-state index in [0.29, 0.717) is 32.1 Å². The van der Waals surface area contributed by atoms with Gasteiger partial charge in [0.25, 0.3) is 0 Å². The van der Waals surface area contributed by atoms with Crippen molar-refractivity contribution in [2.45, 2.75) is 316 Å². The van der Waals surface area contributed by atoms with Gasteiger partial charge in [-0.1, -0.05) is 283 Å². The minimum atomic E-state index is -4.99. The Bertz CT molecular complexity index is 2510. The lowest BCUT2D eigenvalue weighted by atomic mass is 10.1. The van der Waals surface area contributed by atoms with Crippen LogP contribution in [-0.4, -0.2) is 96.7 Å². The molecule has 0 aromatic rings. The first kappa shape index (κ1) is 96.9. The fourth-order valence-electron chi connectivity index (χ4n) is 9.91. The smallest absolute Gasteiger partial charge is 0.462 e. The normalized spacial score (nSPS) is 14.7. The second-order valence-corrected chi connectivity index (χ2v) is 28.4. The van der Waals surface area contributed by atoms with Gasteiger partial charge in [0.1, 0.15) is 19.3 Å². The highest BCUT2D eigenvalue weighted by Crippen LogP contribution is 2.45. The zero-order chi connectivity index (χ0) is 74.6. The Morgan fingerprint density at radius 1 is 0.284 bits per heavy atom. The molecule has 0 saturated heterocycles. The summed E-state index contributed by atoms with van der Waals surface area (Å²) in [5.74, 6) is -2.32. The SMILES string of the molecule is CC/C=C\C/C=C\C/C=C\C/C=C\C/C=C\C/C=C\CCC(=O)OCC(COP(=O)(O)OCC(O)COP(=O)(O)OCC(COC(=O)CCCCC/C=C\C/C=C\C/C=C\C/C=C\C/C=C\CC)OC(=O)CCCCCCC/C=C\CCCCCC)OC(=O)CCCCCCCCCCCCC. The molecule has 0 spiro atoms. The number of aliphatic hydroxyl groups excluding tert-OH is 1. The first-order valence-electron chi connectivity index (χ1n) is 39.1. The molecule has 5 atom stereocenters. The molecular weight excluding hydrogens is 1330 g/mol. The minimum absolute atomic E-state index is 0.0339. The van der Waals surface area contributed by atoms with Gasteiger partial charge in [0, 0.05) is 25.7 Å². The third kappa shape index (κ3) is 73.3. The molecule has 0 fully saturated rings. The van der Waals surface area contributed by atoms with E-state index in [1.807, 2.05) is 18.2 Å². The van der Waals surface area contributed by atoms with Crippen LogP contribution in [0.4, 0.5) is 0 Å². The minimum Gasteiger partial charge on any atom is -0.462 e. The molecule has 0 aliphatic heterocycles. The molecule has 0 radical (unpaired) electrons. The standard InChI is InChI=1S/C83H138O17P2/c1-5-9-13-17-21-25-29-32-34-36-38-40-42-45-48-51-55-59-63-67-80(85)93-73-78(99-82(87)69-65-61-57-53-47-28-24-20-16-12-8-4)75-97-101(89,90)95-71-77(84)72-96-102(91,92)98-76-79(100-83(88)70-66-62-58-54-50-44-31-27-23-19-15-11-7-3)74-94-81(86)68-64-60-56-52-49-46-43-41-39-37-35-33-30-26-22-18-14-10-6-2/h9-10,13-14,21-22,25-27,31-35,38-41,45-46,48-49,55,59,77-79,84H,5-8,11-12,15-20,23-24,28-30,36-37,42-44,47,50-54,56-58,60-76H2,1-4H3,(H,89,90)(H,91,92)/b13-9-,14-10-,25-21-,26-22-,31-27-,34-32-,35-33-,40-38-,41-39-,48-45-,49-46-,59-55-. The Morgan fingerprint density at radius 3 is 0.873 bits per heavy atom. The van der Waals surface area contributed by atoms with Gasteiger partial charge in [0.2, 0.25) is 0 Å². The summed E-state index contributed by atoms with van der Waals surface area (Å²) in [6, 6.07) is 0. The number of hydrogen-bond donors (Lipinski definition) is 3. The van der Waals surface area contributed by atoms with Crippen LogP contribution in [0.25, 0.3) is 0 Å². The first-order chi connectivity index (χ1) is 49.7. The van der Waals surface area contributed by atoms with Crippen LogP contribution < -0.4 is 0 Å². The summed E-state index contributed by atoms with van der Waals surface area (Å²) >= 11 is 0. The number of aliphatic hydroxyl groups is 1. The van der Waals surface area contributed by atoms with E-state index in [1.165, 1.54) is 64.2 Å². The summed E-state index contributed by atoms with van der Waals surface area (Å²) in [4.78, 5) is 72.8. The molecule has 0 aliphatic rings. The quantitative estimate of drug-likeness (QED) is 0.0169.